The van der Waals surface area contributed by atoms with Crippen molar-refractivity contribution in [2.24, 2.45) is 0 Å². The third-order valence-electron chi connectivity index (χ3n) is 5.75. The van der Waals surface area contributed by atoms with Crippen LogP contribution in [0.4, 0.5) is 5.82 Å². The molecule has 2 aromatic heterocycles. The number of aromatic nitrogens is 3. The molecule has 164 valence electrons. The number of fused-ring (bicyclic) bond motifs is 3. The summed E-state index contributed by atoms with van der Waals surface area (Å²) in [7, 11) is 1.71. The summed E-state index contributed by atoms with van der Waals surface area (Å²) in [6.07, 6.45) is 4.91. The predicted octanol–water partition coefficient (Wildman–Crippen LogP) is 4.20. The summed E-state index contributed by atoms with van der Waals surface area (Å²) in [5.74, 6) is 0.746. The maximum absolute atomic E-state index is 12.3. The third-order valence-corrected chi connectivity index (χ3v) is 5.75. The molecule has 0 bridgehead atoms. The van der Waals surface area contributed by atoms with E-state index in [1.54, 1.807) is 7.11 Å². The molecule has 2 heterocycles. The molecule has 1 amide bonds. The Hall–Kier alpha value is -3.45. The van der Waals surface area contributed by atoms with E-state index in [9.17, 15) is 4.79 Å². The number of aryl methyl sites for hydroxylation is 1. The fourth-order valence-electron chi connectivity index (χ4n) is 3.88. The Labute approximate surface area is 186 Å². The third kappa shape index (κ3) is 4.03. The Balaban J connectivity index is 1.55. The van der Waals surface area contributed by atoms with Crippen LogP contribution in [-0.2, 0) is 4.74 Å². The van der Waals surface area contributed by atoms with E-state index < -0.39 is 0 Å². The lowest BCUT2D eigenvalue weighted by Crippen LogP contribution is -2.25. The predicted molar refractivity (Wildman–Crippen MR) is 126 cm³/mol. The van der Waals surface area contributed by atoms with Crippen LogP contribution in [0.25, 0.3) is 27.9 Å². The van der Waals surface area contributed by atoms with Crippen molar-refractivity contribution >= 4 is 28.4 Å². The first-order valence-corrected chi connectivity index (χ1v) is 11.1. The average Bonchev–Trinajstić information content (AvgIpc) is 3.50. The van der Waals surface area contributed by atoms with Gasteiger partial charge in [0.25, 0.3) is 5.91 Å². The second-order valence-corrected chi connectivity index (χ2v) is 8.35. The van der Waals surface area contributed by atoms with Crippen molar-refractivity contribution in [2.45, 2.75) is 32.2 Å². The van der Waals surface area contributed by atoms with Crippen LogP contribution in [0, 0.1) is 6.92 Å². The first-order chi connectivity index (χ1) is 15.6. The minimum absolute atomic E-state index is 0.00939. The van der Waals surface area contributed by atoms with Crippen molar-refractivity contribution in [3.8, 4) is 11.3 Å². The van der Waals surface area contributed by atoms with Gasteiger partial charge in [0, 0.05) is 37.4 Å². The average molecular weight is 430 g/mol. The molecule has 32 heavy (non-hydrogen) atoms. The van der Waals surface area contributed by atoms with Crippen LogP contribution in [0.5, 0.6) is 0 Å². The second kappa shape index (κ2) is 8.59. The van der Waals surface area contributed by atoms with E-state index >= 15 is 0 Å². The summed E-state index contributed by atoms with van der Waals surface area (Å²) in [4.78, 5) is 21.9. The largest absolute Gasteiger partial charge is 0.385 e. The van der Waals surface area contributed by atoms with Crippen LogP contribution in [0.1, 0.15) is 35.2 Å². The standard InChI is InChI=1S/C25H27N5O2/c1-16-4-11-21-20(14-16)29-23(26-12-3-13-32-2)24-27-15-22(30(21)24)17-5-7-18(8-6-17)25(31)28-19-9-10-19/h4-8,11,14-15,19H,3,9-10,12-13H2,1-2H3,(H,26,29)(H,28,31). The molecule has 0 radical (unpaired) electrons. The van der Waals surface area contributed by atoms with Gasteiger partial charge in [0.05, 0.1) is 22.9 Å². The zero-order valence-electron chi connectivity index (χ0n) is 18.4. The highest BCUT2D eigenvalue weighted by Gasteiger charge is 2.23. The summed E-state index contributed by atoms with van der Waals surface area (Å²) in [6, 6.07) is 14.3. The van der Waals surface area contributed by atoms with Gasteiger partial charge in [0.15, 0.2) is 11.5 Å². The smallest absolute Gasteiger partial charge is 0.251 e. The number of methoxy groups -OCH3 is 1. The van der Waals surface area contributed by atoms with Crippen molar-refractivity contribution < 1.29 is 9.53 Å². The number of nitrogens with zero attached hydrogens (tertiary/aromatic N) is 3. The number of rotatable bonds is 8. The number of anilines is 1. The molecule has 5 rings (SSSR count). The lowest BCUT2D eigenvalue weighted by atomic mass is 10.1. The first kappa shape index (κ1) is 20.5. The number of carbonyl (C=O) groups is 1. The minimum atomic E-state index is -0.00939. The van der Waals surface area contributed by atoms with E-state index in [1.165, 1.54) is 0 Å². The monoisotopic (exact) mass is 429 g/mol. The number of amides is 1. The van der Waals surface area contributed by atoms with Gasteiger partial charge >= 0.3 is 0 Å². The molecule has 7 heteroatoms. The van der Waals surface area contributed by atoms with Gasteiger partial charge in [-0.1, -0.05) is 18.2 Å². The summed E-state index contributed by atoms with van der Waals surface area (Å²) in [5.41, 5.74) is 6.48. The van der Waals surface area contributed by atoms with Gasteiger partial charge < -0.3 is 15.4 Å². The Morgan fingerprint density at radius 2 is 2.00 bits per heavy atom. The van der Waals surface area contributed by atoms with Crippen molar-refractivity contribution in [1.29, 1.82) is 0 Å². The summed E-state index contributed by atoms with van der Waals surface area (Å²) in [6.45, 7) is 3.51. The molecule has 2 aromatic carbocycles. The number of nitrogens with one attached hydrogen (secondary N) is 2. The van der Waals surface area contributed by atoms with E-state index in [0.29, 0.717) is 18.2 Å². The van der Waals surface area contributed by atoms with Crippen molar-refractivity contribution in [3.63, 3.8) is 0 Å². The zero-order chi connectivity index (χ0) is 22.1. The highest BCUT2D eigenvalue weighted by atomic mass is 16.5. The topological polar surface area (TPSA) is 80.5 Å². The van der Waals surface area contributed by atoms with Crippen LogP contribution in [0.2, 0.25) is 0 Å². The summed E-state index contributed by atoms with van der Waals surface area (Å²) >= 11 is 0. The Bertz CT molecular complexity index is 1280. The Morgan fingerprint density at radius 1 is 1.19 bits per heavy atom. The fraction of sp³-hybridized carbons (Fsp3) is 0.320. The van der Waals surface area contributed by atoms with Crippen molar-refractivity contribution in [3.05, 3.63) is 59.8 Å². The number of imidazole rings is 1. The molecule has 1 fully saturated rings. The zero-order valence-corrected chi connectivity index (χ0v) is 18.4. The summed E-state index contributed by atoms with van der Waals surface area (Å²) < 4.78 is 7.30. The van der Waals surface area contributed by atoms with Crippen molar-refractivity contribution in [1.82, 2.24) is 19.7 Å². The summed E-state index contributed by atoms with van der Waals surface area (Å²) in [5, 5.41) is 6.46. The molecule has 0 saturated heterocycles. The van der Waals surface area contributed by atoms with E-state index in [4.69, 9.17) is 14.7 Å². The van der Waals surface area contributed by atoms with Gasteiger partial charge in [-0.25, -0.2) is 9.97 Å². The fourth-order valence-corrected chi connectivity index (χ4v) is 3.88. The molecular weight excluding hydrogens is 402 g/mol. The van der Waals surface area contributed by atoms with Gasteiger partial charge in [-0.15, -0.1) is 0 Å². The number of carbonyl (C=O) groups excluding carboxylic acids is 1. The molecule has 1 aliphatic rings. The van der Waals surface area contributed by atoms with Crippen LogP contribution >= 0.6 is 0 Å². The lowest BCUT2D eigenvalue weighted by Gasteiger charge is -2.12. The molecular formula is C25H27N5O2. The Kier molecular flexibility index (Phi) is 5.49. The van der Waals surface area contributed by atoms with E-state index in [0.717, 1.165) is 65.1 Å². The lowest BCUT2D eigenvalue weighted by molar-refractivity contribution is 0.0951. The van der Waals surface area contributed by atoms with E-state index in [1.807, 2.05) is 30.5 Å². The molecule has 0 unspecified atom stereocenters. The maximum Gasteiger partial charge on any atom is 0.251 e. The molecule has 2 N–H and O–H groups in total. The van der Waals surface area contributed by atoms with Crippen LogP contribution < -0.4 is 10.6 Å². The quantitative estimate of drug-likeness (QED) is 0.411. The number of benzene rings is 2. The van der Waals surface area contributed by atoms with Gasteiger partial charge in [-0.2, -0.15) is 0 Å². The molecule has 1 saturated carbocycles. The molecule has 7 nitrogen and oxygen atoms in total. The SMILES string of the molecule is COCCCNc1nc2cc(C)ccc2n2c(-c3ccc(C(=O)NC4CC4)cc3)cnc12. The van der Waals surface area contributed by atoms with Gasteiger partial charge in [0.2, 0.25) is 0 Å². The molecule has 1 aliphatic carbocycles. The highest BCUT2D eigenvalue weighted by molar-refractivity contribution is 5.95. The molecule has 0 atom stereocenters. The number of hydrogen-bond acceptors (Lipinski definition) is 5. The van der Waals surface area contributed by atoms with Crippen LogP contribution in [-0.4, -0.2) is 46.6 Å². The highest BCUT2D eigenvalue weighted by Crippen LogP contribution is 2.29. The van der Waals surface area contributed by atoms with Gasteiger partial charge in [0.1, 0.15) is 0 Å². The minimum Gasteiger partial charge on any atom is -0.385 e. The molecule has 4 aromatic rings. The van der Waals surface area contributed by atoms with Gasteiger partial charge in [-0.3, -0.25) is 9.20 Å². The normalized spacial score (nSPS) is 13.6. The molecule has 0 spiro atoms. The van der Waals surface area contributed by atoms with Crippen LogP contribution in [0.15, 0.2) is 48.7 Å². The van der Waals surface area contributed by atoms with E-state index in [-0.39, 0.29) is 5.91 Å². The van der Waals surface area contributed by atoms with Gasteiger partial charge in [-0.05, 0) is 56.0 Å². The first-order valence-electron chi connectivity index (χ1n) is 11.1. The second-order valence-electron chi connectivity index (χ2n) is 8.35. The Morgan fingerprint density at radius 3 is 2.75 bits per heavy atom. The van der Waals surface area contributed by atoms with E-state index in [2.05, 4.69) is 40.2 Å². The molecule has 0 aliphatic heterocycles. The maximum atomic E-state index is 12.3. The number of hydrogen-bond donors (Lipinski definition) is 2. The van der Waals surface area contributed by atoms with Crippen LogP contribution in [0.3, 0.4) is 0 Å². The van der Waals surface area contributed by atoms with Crippen molar-refractivity contribution in [2.75, 3.05) is 25.6 Å². The number of ether oxygens (including phenoxy) is 1.